The minimum absolute atomic E-state index is 0.304. The van der Waals surface area contributed by atoms with Crippen molar-refractivity contribution in [3.8, 4) is 0 Å². The molecule has 2 aliphatic rings. The molecule has 2 rings (SSSR count). The topological polar surface area (TPSA) is 90.9 Å². The number of amides is 2. The van der Waals surface area contributed by atoms with Gasteiger partial charge >= 0.3 is 12.0 Å². The summed E-state index contributed by atoms with van der Waals surface area (Å²) in [4.78, 5) is 25.7. The number of likely N-dealkylation sites (N-methyl/N-ethyl adjacent to an activating group) is 1. The lowest BCUT2D eigenvalue weighted by Crippen LogP contribution is -2.60. The number of carbonyl (C=O) groups excluding carboxylic acids is 1. The molecule has 0 atom stereocenters. The van der Waals surface area contributed by atoms with Gasteiger partial charge in [0.2, 0.25) is 0 Å². The van der Waals surface area contributed by atoms with E-state index in [2.05, 4.69) is 22.5 Å². The van der Waals surface area contributed by atoms with Gasteiger partial charge in [-0.15, -0.1) is 0 Å². The van der Waals surface area contributed by atoms with Crippen molar-refractivity contribution in [2.45, 2.75) is 44.2 Å². The van der Waals surface area contributed by atoms with Gasteiger partial charge in [0.1, 0.15) is 5.54 Å². The molecule has 0 bridgehead atoms. The summed E-state index contributed by atoms with van der Waals surface area (Å²) in [5, 5.41) is 14.7. The number of ether oxygens (including phenoxy) is 1. The van der Waals surface area contributed by atoms with Crippen molar-refractivity contribution in [1.82, 2.24) is 15.5 Å². The molecule has 120 valence electrons. The maximum absolute atomic E-state index is 11.9. The van der Waals surface area contributed by atoms with Crippen molar-refractivity contribution >= 4 is 12.0 Å². The number of urea groups is 1. The molecule has 21 heavy (non-hydrogen) atoms. The van der Waals surface area contributed by atoms with Gasteiger partial charge in [0.15, 0.2) is 0 Å². The lowest BCUT2D eigenvalue weighted by atomic mass is 9.90. The van der Waals surface area contributed by atoms with Crippen molar-refractivity contribution < 1.29 is 19.4 Å². The Bertz CT molecular complexity index is 378. The zero-order valence-electron chi connectivity index (χ0n) is 12.6. The molecule has 1 heterocycles. The van der Waals surface area contributed by atoms with Crippen LogP contribution >= 0.6 is 0 Å². The lowest BCUT2D eigenvalue weighted by molar-refractivity contribution is -0.148. The molecule has 0 aromatic rings. The van der Waals surface area contributed by atoms with Crippen LogP contribution in [0.1, 0.15) is 32.6 Å². The van der Waals surface area contributed by atoms with E-state index in [1.807, 2.05) is 0 Å². The average Bonchev–Trinajstić information content (AvgIpc) is 3.29. The van der Waals surface area contributed by atoms with Crippen LogP contribution in [0.25, 0.3) is 0 Å². The van der Waals surface area contributed by atoms with Gasteiger partial charge in [-0.2, -0.15) is 0 Å². The van der Waals surface area contributed by atoms with Crippen LogP contribution in [0.15, 0.2) is 0 Å². The number of carboxylic acid groups (broad SMARTS) is 1. The minimum Gasteiger partial charge on any atom is -0.480 e. The second-order valence-corrected chi connectivity index (χ2v) is 5.74. The van der Waals surface area contributed by atoms with Gasteiger partial charge in [0, 0.05) is 45.2 Å². The first kappa shape index (κ1) is 16.0. The second-order valence-electron chi connectivity index (χ2n) is 5.74. The molecule has 1 aliphatic heterocycles. The molecule has 1 aliphatic carbocycles. The van der Waals surface area contributed by atoms with E-state index in [1.54, 1.807) is 0 Å². The molecular weight excluding hydrogens is 274 g/mol. The van der Waals surface area contributed by atoms with E-state index in [9.17, 15) is 14.7 Å². The molecule has 2 fully saturated rings. The Hall–Kier alpha value is -1.34. The summed E-state index contributed by atoms with van der Waals surface area (Å²) in [5.74, 6) is -0.992. The Morgan fingerprint density at radius 1 is 1.33 bits per heavy atom. The molecule has 0 unspecified atom stereocenters. The van der Waals surface area contributed by atoms with Crippen LogP contribution < -0.4 is 10.6 Å². The summed E-state index contributed by atoms with van der Waals surface area (Å²) in [6, 6.07) is 0.256. The molecule has 0 aromatic heterocycles. The fraction of sp³-hybridized carbons (Fsp3) is 0.857. The van der Waals surface area contributed by atoms with Crippen molar-refractivity contribution in [3.05, 3.63) is 0 Å². The third kappa shape index (κ3) is 4.31. The molecule has 0 spiro atoms. The first-order chi connectivity index (χ1) is 10.1. The van der Waals surface area contributed by atoms with Gasteiger partial charge in [-0.1, -0.05) is 6.92 Å². The molecule has 7 nitrogen and oxygen atoms in total. The highest BCUT2D eigenvalue weighted by Crippen LogP contribution is 2.25. The average molecular weight is 299 g/mol. The molecule has 2 amide bonds. The standard InChI is InChI=1S/C14H25N3O4/c1-2-17(11-3-4-11)8-7-15-13(20)16-14(12(18)19)5-9-21-10-6-14/h11H,2-10H2,1H3,(H,18,19)(H2,15,16,20). The highest BCUT2D eigenvalue weighted by Gasteiger charge is 2.41. The highest BCUT2D eigenvalue weighted by molar-refractivity contribution is 5.86. The van der Waals surface area contributed by atoms with E-state index in [1.165, 1.54) is 12.8 Å². The quantitative estimate of drug-likeness (QED) is 0.633. The number of carbonyl (C=O) groups is 2. The number of hydrogen-bond donors (Lipinski definition) is 3. The summed E-state index contributed by atoms with van der Waals surface area (Å²) >= 11 is 0. The third-order valence-corrected chi connectivity index (χ3v) is 4.26. The first-order valence-electron chi connectivity index (χ1n) is 7.68. The number of nitrogens with one attached hydrogen (secondary N) is 2. The van der Waals surface area contributed by atoms with Gasteiger partial charge in [0.25, 0.3) is 0 Å². The Morgan fingerprint density at radius 3 is 2.52 bits per heavy atom. The SMILES string of the molecule is CCN(CCNC(=O)NC1(C(=O)O)CCOCC1)C1CC1. The predicted molar refractivity (Wildman–Crippen MR) is 77.2 cm³/mol. The van der Waals surface area contributed by atoms with Crippen LogP contribution in [0.3, 0.4) is 0 Å². The second kappa shape index (κ2) is 7.09. The lowest BCUT2D eigenvalue weighted by Gasteiger charge is -2.33. The third-order valence-electron chi connectivity index (χ3n) is 4.26. The first-order valence-corrected chi connectivity index (χ1v) is 7.68. The molecule has 0 radical (unpaired) electrons. The summed E-state index contributed by atoms with van der Waals surface area (Å²) in [5.41, 5.74) is -1.19. The van der Waals surface area contributed by atoms with E-state index in [0.29, 0.717) is 38.6 Å². The molecule has 1 saturated heterocycles. The summed E-state index contributed by atoms with van der Waals surface area (Å²) in [6.45, 7) is 5.14. The normalized spacial score (nSPS) is 21.0. The zero-order valence-corrected chi connectivity index (χ0v) is 12.6. The largest absolute Gasteiger partial charge is 0.480 e. The summed E-state index contributed by atoms with van der Waals surface area (Å²) in [6.07, 6.45) is 3.09. The number of nitrogens with zero attached hydrogens (tertiary/aromatic N) is 1. The number of carboxylic acids is 1. The Kier molecular flexibility index (Phi) is 5.41. The van der Waals surface area contributed by atoms with Crippen molar-refractivity contribution in [2.75, 3.05) is 32.8 Å². The van der Waals surface area contributed by atoms with Crippen LogP contribution in [0.4, 0.5) is 4.79 Å². The Morgan fingerprint density at radius 2 is 2.00 bits per heavy atom. The van der Waals surface area contributed by atoms with Crippen molar-refractivity contribution in [3.63, 3.8) is 0 Å². The molecule has 1 saturated carbocycles. The number of hydrogen-bond acceptors (Lipinski definition) is 4. The van der Waals surface area contributed by atoms with Gasteiger partial charge in [-0.05, 0) is 19.4 Å². The van der Waals surface area contributed by atoms with Gasteiger partial charge in [-0.25, -0.2) is 9.59 Å². The van der Waals surface area contributed by atoms with E-state index in [0.717, 1.165) is 13.1 Å². The van der Waals surface area contributed by atoms with Gasteiger partial charge in [0.05, 0.1) is 0 Å². The maximum Gasteiger partial charge on any atom is 0.329 e. The van der Waals surface area contributed by atoms with E-state index >= 15 is 0 Å². The van der Waals surface area contributed by atoms with Crippen LogP contribution in [-0.2, 0) is 9.53 Å². The van der Waals surface area contributed by atoms with Crippen LogP contribution in [0.5, 0.6) is 0 Å². The van der Waals surface area contributed by atoms with Gasteiger partial charge in [-0.3, -0.25) is 4.90 Å². The smallest absolute Gasteiger partial charge is 0.329 e. The molecular formula is C14H25N3O4. The van der Waals surface area contributed by atoms with Crippen LogP contribution in [-0.4, -0.2) is 66.4 Å². The van der Waals surface area contributed by atoms with Gasteiger partial charge < -0.3 is 20.5 Å². The van der Waals surface area contributed by atoms with Crippen molar-refractivity contribution in [1.29, 1.82) is 0 Å². The van der Waals surface area contributed by atoms with Crippen LogP contribution in [0.2, 0.25) is 0 Å². The van der Waals surface area contributed by atoms with Crippen LogP contribution in [0, 0.1) is 0 Å². The van der Waals surface area contributed by atoms with Crippen molar-refractivity contribution in [2.24, 2.45) is 0 Å². The molecule has 7 heteroatoms. The Balaban J connectivity index is 1.75. The van der Waals surface area contributed by atoms with E-state index in [-0.39, 0.29) is 0 Å². The highest BCUT2D eigenvalue weighted by atomic mass is 16.5. The zero-order chi connectivity index (χ0) is 15.3. The summed E-state index contributed by atoms with van der Waals surface area (Å²) < 4.78 is 5.18. The fourth-order valence-corrected chi connectivity index (χ4v) is 2.73. The monoisotopic (exact) mass is 299 g/mol. The predicted octanol–water partition coefficient (Wildman–Crippen LogP) is 0.404. The fourth-order valence-electron chi connectivity index (χ4n) is 2.73. The minimum atomic E-state index is -1.19. The van der Waals surface area contributed by atoms with E-state index < -0.39 is 17.5 Å². The Labute approximate surface area is 125 Å². The number of rotatable bonds is 7. The molecule has 0 aromatic carbocycles. The maximum atomic E-state index is 11.9. The summed E-state index contributed by atoms with van der Waals surface area (Å²) in [7, 11) is 0. The molecule has 3 N–H and O–H groups in total. The number of aliphatic carboxylic acids is 1. The van der Waals surface area contributed by atoms with E-state index in [4.69, 9.17) is 4.74 Å².